The van der Waals surface area contributed by atoms with Crippen molar-refractivity contribution in [3.05, 3.63) is 58.1 Å². The molecule has 2 aromatic rings. The maximum absolute atomic E-state index is 12.2. The van der Waals surface area contributed by atoms with Crippen molar-refractivity contribution in [2.24, 2.45) is 0 Å². The lowest BCUT2D eigenvalue weighted by atomic mass is 10.0. The Morgan fingerprint density at radius 2 is 1.67 bits per heavy atom. The lowest BCUT2D eigenvalue weighted by molar-refractivity contribution is -0.125. The lowest BCUT2D eigenvalue weighted by Gasteiger charge is -2.16. The highest BCUT2D eigenvalue weighted by molar-refractivity contribution is 9.10. The molecule has 0 spiro atoms. The van der Waals surface area contributed by atoms with E-state index in [1.807, 2.05) is 39.0 Å². The summed E-state index contributed by atoms with van der Waals surface area (Å²) in [5.41, 5.74) is 7.41. The van der Waals surface area contributed by atoms with E-state index in [4.69, 9.17) is 17.0 Å². The summed E-state index contributed by atoms with van der Waals surface area (Å²) in [7, 11) is 0. The van der Waals surface area contributed by atoms with E-state index < -0.39 is 11.8 Å². The Hall–Kier alpha value is -2.98. The zero-order valence-electron chi connectivity index (χ0n) is 18.7. The number of nitrogens with one attached hydrogen (secondary N) is 4. The van der Waals surface area contributed by atoms with Crippen LogP contribution in [-0.2, 0) is 14.4 Å². The average Bonchev–Trinajstić information content (AvgIpc) is 2.77. The van der Waals surface area contributed by atoms with E-state index in [1.165, 1.54) is 0 Å². The first-order valence-electron chi connectivity index (χ1n) is 10.3. The molecule has 8 nitrogen and oxygen atoms in total. The Labute approximate surface area is 206 Å². The number of ether oxygens (including phenoxy) is 1. The molecule has 3 amide bonds. The Bertz CT molecular complexity index is 1020. The molecule has 0 radical (unpaired) electrons. The average molecular weight is 535 g/mol. The van der Waals surface area contributed by atoms with Gasteiger partial charge >= 0.3 is 0 Å². The van der Waals surface area contributed by atoms with Crippen molar-refractivity contribution in [3.63, 3.8) is 0 Å². The Morgan fingerprint density at radius 3 is 2.33 bits per heavy atom. The van der Waals surface area contributed by atoms with Crippen LogP contribution in [0.2, 0.25) is 0 Å². The highest BCUT2D eigenvalue weighted by atomic mass is 79.9. The summed E-state index contributed by atoms with van der Waals surface area (Å²) in [4.78, 5) is 35.9. The maximum atomic E-state index is 12.2. The normalized spacial score (nSPS) is 10.3. The summed E-state index contributed by atoms with van der Waals surface area (Å²) in [5.74, 6) is -0.361. The number of hydrogen-bond acceptors (Lipinski definition) is 5. The molecule has 0 aliphatic rings. The van der Waals surface area contributed by atoms with Gasteiger partial charge in [0, 0.05) is 23.0 Å². The molecule has 0 saturated heterocycles. The molecular weight excluding hydrogens is 508 g/mol. The first-order chi connectivity index (χ1) is 15.7. The summed E-state index contributed by atoms with van der Waals surface area (Å²) in [6.07, 6.45) is -0.0492. The van der Waals surface area contributed by atoms with Gasteiger partial charge in [0.1, 0.15) is 5.75 Å². The number of amides is 3. The molecule has 176 valence electrons. The third-order valence-corrected chi connectivity index (χ3v) is 5.54. The summed E-state index contributed by atoms with van der Waals surface area (Å²) in [5, 5.41) is 5.04. The molecule has 10 heteroatoms. The number of halogens is 1. The van der Waals surface area contributed by atoms with Gasteiger partial charge in [-0.1, -0.05) is 48.0 Å². The predicted octanol–water partition coefficient (Wildman–Crippen LogP) is 3.70. The standard InChI is InChI=1S/C23H27BrN4O4S/c1-14(2)17-12-18(24)15(3)11-19(17)32-13-22(31)26-23(33)28-27-21(30)10-9-20(29)25-16-7-5-4-6-8-16/h4-8,11-12,14H,9-10,13H2,1-3H3,(H,25,29)(H,27,30)(H2,26,28,31,33). The second kappa shape index (κ2) is 12.9. The number of hydrogen-bond donors (Lipinski definition) is 4. The van der Waals surface area contributed by atoms with Crippen molar-refractivity contribution in [2.75, 3.05) is 11.9 Å². The van der Waals surface area contributed by atoms with Gasteiger partial charge in [-0.3, -0.25) is 30.6 Å². The van der Waals surface area contributed by atoms with Crippen LogP contribution in [0.15, 0.2) is 46.9 Å². The highest BCUT2D eigenvalue weighted by Crippen LogP contribution is 2.32. The molecular formula is C23H27BrN4O4S. The monoisotopic (exact) mass is 534 g/mol. The van der Waals surface area contributed by atoms with Gasteiger partial charge in [0.25, 0.3) is 5.91 Å². The predicted molar refractivity (Wildman–Crippen MR) is 135 cm³/mol. The number of hydrazine groups is 1. The van der Waals surface area contributed by atoms with E-state index in [2.05, 4.69) is 37.4 Å². The summed E-state index contributed by atoms with van der Waals surface area (Å²) < 4.78 is 6.66. The van der Waals surface area contributed by atoms with Crippen molar-refractivity contribution in [1.29, 1.82) is 0 Å². The molecule has 0 unspecified atom stereocenters. The van der Waals surface area contributed by atoms with Gasteiger partial charge in [-0.2, -0.15) is 0 Å². The molecule has 33 heavy (non-hydrogen) atoms. The fraction of sp³-hybridized carbons (Fsp3) is 0.304. The molecule has 4 N–H and O–H groups in total. The third kappa shape index (κ3) is 9.19. The van der Waals surface area contributed by atoms with Crippen LogP contribution in [0.25, 0.3) is 0 Å². The van der Waals surface area contributed by atoms with Crippen LogP contribution in [0.5, 0.6) is 5.75 Å². The highest BCUT2D eigenvalue weighted by Gasteiger charge is 2.14. The fourth-order valence-corrected chi connectivity index (χ4v) is 3.27. The summed E-state index contributed by atoms with van der Waals surface area (Å²) >= 11 is 8.52. The van der Waals surface area contributed by atoms with Gasteiger partial charge in [0.05, 0.1) is 0 Å². The number of para-hydroxylation sites is 1. The number of carbonyl (C=O) groups excluding carboxylic acids is 3. The molecule has 0 saturated carbocycles. The van der Waals surface area contributed by atoms with Crippen molar-refractivity contribution in [1.82, 2.24) is 16.2 Å². The molecule has 0 fully saturated rings. The summed E-state index contributed by atoms with van der Waals surface area (Å²) in [6.45, 7) is 5.78. The largest absolute Gasteiger partial charge is 0.483 e. The Kier molecular flexibility index (Phi) is 10.3. The van der Waals surface area contributed by atoms with Crippen LogP contribution in [0, 0.1) is 6.92 Å². The molecule has 2 aromatic carbocycles. The van der Waals surface area contributed by atoms with Crippen LogP contribution in [0.1, 0.15) is 43.7 Å². The van der Waals surface area contributed by atoms with Crippen LogP contribution < -0.4 is 26.2 Å². The molecule has 2 rings (SSSR count). The molecule has 0 atom stereocenters. The van der Waals surface area contributed by atoms with E-state index in [9.17, 15) is 14.4 Å². The second-order valence-electron chi connectivity index (χ2n) is 7.55. The minimum absolute atomic E-state index is 0.000159. The molecule has 0 aliphatic carbocycles. The second-order valence-corrected chi connectivity index (χ2v) is 8.81. The summed E-state index contributed by atoms with van der Waals surface area (Å²) in [6, 6.07) is 12.8. The number of benzene rings is 2. The third-order valence-electron chi connectivity index (χ3n) is 4.48. The SMILES string of the molecule is Cc1cc(OCC(=O)NC(=S)NNC(=O)CCC(=O)Nc2ccccc2)c(C(C)C)cc1Br. The van der Waals surface area contributed by atoms with Crippen LogP contribution in [-0.4, -0.2) is 29.4 Å². The van der Waals surface area contributed by atoms with Gasteiger partial charge in [0.2, 0.25) is 11.8 Å². The zero-order valence-corrected chi connectivity index (χ0v) is 21.1. The quantitative estimate of drug-likeness (QED) is 0.303. The van der Waals surface area contributed by atoms with Crippen LogP contribution in [0.3, 0.4) is 0 Å². The molecule has 0 heterocycles. The molecule has 0 aliphatic heterocycles. The maximum Gasteiger partial charge on any atom is 0.264 e. The van der Waals surface area contributed by atoms with E-state index in [-0.39, 0.29) is 36.4 Å². The van der Waals surface area contributed by atoms with Gasteiger partial charge < -0.3 is 10.1 Å². The van der Waals surface area contributed by atoms with Crippen molar-refractivity contribution in [3.8, 4) is 5.75 Å². The topological polar surface area (TPSA) is 109 Å². The van der Waals surface area contributed by atoms with Crippen LogP contribution >= 0.6 is 28.1 Å². The van der Waals surface area contributed by atoms with E-state index in [0.717, 1.165) is 15.6 Å². The van der Waals surface area contributed by atoms with E-state index in [0.29, 0.717) is 11.4 Å². The smallest absolute Gasteiger partial charge is 0.264 e. The van der Waals surface area contributed by atoms with Crippen LogP contribution in [0.4, 0.5) is 5.69 Å². The molecule has 0 bridgehead atoms. The number of rotatable bonds is 8. The zero-order chi connectivity index (χ0) is 24.4. The fourth-order valence-electron chi connectivity index (χ4n) is 2.74. The minimum atomic E-state index is -0.473. The van der Waals surface area contributed by atoms with Gasteiger partial charge in [-0.25, -0.2) is 0 Å². The number of anilines is 1. The first kappa shape index (κ1) is 26.3. The number of carbonyl (C=O) groups is 3. The number of thiocarbonyl (C=S) groups is 1. The van der Waals surface area contributed by atoms with E-state index >= 15 is 0 Å². The van der Waals surface area contributed by atoms with Gasteiger partial charge in [-0.15, -0.1) is 0 Å². The lowest BCUT2D eigenvalue weighted by Crippen LogP contribution is -2.49. The molecule has 0 aromatic heterocycles. The number of aryl methyl sites for hydroxylation is 1. The van der Waals surface area contributed by atoms with Crippen molar-refractivity contribution in [2.45, 2.75) is 39.5 Å². The van der Waals surface area contributed by atoms with Gasteiger partial charge in [-0.05, 0) is 60.5 Å². The Morgan fingerprint density at radius 1 is 1.00 bits per heavy atom. The first-order valence-corrected chi connectivity index (χ1v) is 11.5. The minimum Gasteiger partial charge on any atom is -0.483 e. The van der Waals surface area contributed by atoms with Crippen molar-refractivity contribution >= 4 is 56.7 Å². The van der Waals surface area contributed by atoms with E-state index in [1.54, 1.807) is 24.3 Å². The van der Waals surface area contributed by atoms with Gasteiger partial charge in [0.15, 0.2) is 11.7 Å². The Balaban J connectivity index is 1.71. The van der Waals surface area contributed by atoms with Crippen molar-refractivity contribution < 1.29 is 19.1 Å².